The van der Waals surface area contributed by atoms with Gasteiger partial charge in [-0.15, -0.1) is 0 Å². The number of para-hydroxylation sites is 1. The molecule has 7 heteroatoms. The second kappa shape index (κ2) is 8.39. The molecule has 5 nitrogen and oxygen atoms in total. The first-order valence-corrected chi connectivity index (χ1v) is 8.46. The molecule has 1 aromatic heterocycles. The number of amides is 2. The molecule has 0 saturated carbocycles. The molecular formula is C21H17F2N3O2. The largest absolute Gasteiger partial charge is 0.336 e. The van der Waals surface area contributed by atoms with Gasteiger partial charge in [0.15, 0.2) is 0 Å². The Morgan fingerprint density at radius 2 is 1.68 bits per heavy atom. The molecule has 1 heterocycles. The molecular weight excluding hydrogens is 364 g/mol. The van der Waals surface area contributed by atoms with E-state index in [2.05, 4.69) is 10.3 Å². The highest BCUT2D eigenvalue weighted by atomic mass is 19.1. The van der Waals surface area contributed by atoms with Gasteiger partial charge in [0.25, 0.3) is 11.8 Å². The van der Waals surface area contributed by atoms with Crippen molar-refractivity contribution in [1.29, 1.82) is 0 Å². The van der Waals surface area contributed by atoms with E-state index in [1.807, 2.05) is 30.3 Å². The van der Waals surface area contributed by atoms with Gasteiger partial charge in [-0.3, -0.25) is 14.6 Å². The van der Waals surface area contributed by atoms with E-state index in [0.29, 0.717) is 6.54 Å². The summed E-state index contributed by atoms with van der Waals surface area (Å²) < 4.78 is 27.4. The second-order valence-electron chi connectivity index (χ2n) is 6.13. The van der Waals surface area contributed by atoms with Crippen LogP contribution in [0.25, 0.3) is 0 Å². The van der Waals surface area contributed by atoms with E-state index in [0.717, 1.165) is 17.7 Å². The number of hydrogen-bond acceptors (Lipinski definition) is 3. The first-order chi connectivity index (χ1) is 13.5. The summed E-state index contributed by atoms with van der Waals surface area (Å²) in [6, 6.07) is 15.3. The maximum atomic E-state index is 13.7. The second-order valence-corrected chi connectivity index (χ2v) is 6.13. The monoisotopic (exact) mass is 381 g/mol. The van der Waals surface area contributed by atoms with Crippen LogP contribution in [0.15, 0.2) is 66.9 Å². The highest BCUT2D eigenvalue weighted by molar-refractivity contribution is 6.05. The number of nitrogens with zero attached hydrogens (tertiary/aromatic N) is 2. The molecule has 0 aliphatic carbocycles. The summed E-state index contributed by atoms with van der Waals surface area (Å²) >= 11 is 0. The van der Waals surface area contributed by atoms with Gasteiger partial charge in [0.2, 0.25) is 0 Å². The van der Waals surface area contributed by atoms with Crippen LogP contribution in [0.2, 0.25) is 0 Å². The van der Waals surface area contributed by atoms with E-state index in [1.54, 1.807) is 7.05 Å². The van der Waals surface area contributed by atoms with Crippen molar-refractivity contribution in [2.75, 3.05) is 12.4 Å². The van der Waals surface area contributed by atoms with Crippen LogP contribution in [0, 0.1) is 11.6 Å². The molecule has 0 unspecified atom stereocenters. The van der Waals surface area contributed by atoms with Gasteiger partial charge < -0.3 is 10.2 Å². The third-order valence-electron chi connectivity index (χ3n) is 4.05. The van der Waals surface area contributed by atoms with Crippen LogP contribution in [-0.4, -0.2) is 28.7 Å². The van der Waals surface area contributed by atoms with E-state index >= 15 is 0 Å². The number of carbonyl (C=O) groups excluding carboxylic acids is 2. The summed E-state index contributed by atoms with van der Waals surface area (Å²) in [7, 11) is 1.62. The van der Waals surface area contributed by atoms with Gasteiger partial charge in [0.1, 0.15) is 23.0 Å². The molecule has 0 aliphatic heterocycles. The van der Waals surface area contributed by atoms with Crippen LogP contribution < -0.4 is 5.32 Å². The van der Waals surface area contributed by atoms with Crippen LogP contribution in [0.4, 0.5) is 14.5 Å². The Kier molecular flexibility index (Phi) is 5.74. The lowest BCUT2D eigenvalue weighted by Crippen LogP contribution is -2.27. The fourth-order valence-corrected chi connectivity index (χ4v) is 2.62. The summed E-state index contributed by atoms with van der Waals surface area (Å²) in [4.78, 5) is 30.4. The average molecular weight is 381 g/mol. The van der Waals surface area contributed by atoms with Crippen molar-refractivity contribution in [3.8, 4) is 0 Å². The van der Waals surface area contributed by atoms with Gasteiger partial charge in [0, 0.05) is 25.4 Å². The minimum atomic E-state index is -0.888. The summed E-state index contributed by atoms with van der Waals surface area (Å²) in [5.41, 5.74) is 0.523. The number of benzene rings is 2. The molecule has 0 aliphatic rings. The maximum Gasteiger partial charge on any atom is 0.272 e. The summed E-state index contributed by atoms with van der Waals surface area (Å²) in [5, 5.41) is 2.19. The summed E-state index contributed by atoms with van der Waals surface area (Å²) in [5.74, 6) is -2.90. The Hall–Kier alpha value is -3.61. The number of hydrogen-bond donors (Lipinski definition) is 1. The average Bonchev–Trinajstić information content (AvgIpc) is 2.71. The Labute approximate surface area is 160 Å². The van der Waals surface area contributed by atoms with Gasteiger partial charge in [-0.1, -0.05) is 36.4 Å². The van der Waals surface area contributed by atoms with E-state index < -0.39 is 23.2 Å². The number of halogens is 2. The quantitative estimate of drug-likeness (QED) is 0.730. The van der Waals surface area contributed by atoms with Crippen molar-refractivity contribution in [1.82, 2.24) is 9.88 Å². The number of pyridine rings is 1. The van der Waals surface area contributed by atoms with Crippen LogP contribution in [0.3, 0.4) is 0 Å². The number of aromatic nitrogens is 1. The highest BCUT2D eigenvalue weighted by Gasteiger charge is 2.18. The lowest BCUT2D eigenvalue weighted by molar-refractivity contribution is 0.0779. The third-order valence-corrected chi connectivity index (χ3v) is 4.05. The Morgan fingerprint density at radius 3 is 2.36 bits per heavy atom. The molecule has 0 saturated heterocycles. The van der Waals surface area contributed by atoms with Gasteiger partial charge >= 0.3 is 0 Å². The zero-order chi connectivity index (χ0) is 20.1. The van der Waals surface area contributed by atoms with E-state index in [-0.39, 0.29) is 17.2 Å². The number of nitrogens with one attached hydrogen (secondary N) is 1. The molecule has 2 amide bonds. The highest BCUT2D eigenvalue weighted by Crippen LogP contribution is 2.19. The molecule has 0 fully saturated rings. The van der Waals surface area contributed by atoms with Crippen LogP contribution in [-0.2, 0) is 6.54 Å². The van der Waals surface area contributed by atoms with Crippen LogP contribution in [0.5, 0.6) is 0 Å². The number of anilines is 1. The first kappa shape index (κ1) is 19.2. The van der Waals surface area contributed by atoms with E-state index in [9.17, 15) is 18.4 Å². The lowest BCUT2D eigenvalue weighted by atomic mass is 10.1. The van der Waals surface area contributed by atoms with Crippen molar-refractivity contribution in [3.63, 3.8) is 0 Å². The van der Waals surface area contributed by atoms with Crippen molar-refractivity contribution >= 4 is 17.5 Å². The molecule has 0 spiro atoms. The minimum absolute atomic E-state index is 0.0556. The van der Waals surface area contributed by atoms with Gasteiger partial charge in [-0.2, -0.15) is 0 Å². The SMILES string of the molecule is CN(Cc1ccccc1)C(=O)c1cc(C(=O)Nc2c(F)cccc2F)ccn1. The molecule has 1 N–H and O–H groups in total. The molecule has 0 radical (unpaired) electrons. The minimum Gasteiger partial charge on any atom is -0.336 e. The van der Waals surface area contributed by atoms with Gasteiger partial charge in [-0.25, -0.2) is 8.78 Å². The smallest absolute Gasteiger partial charge is 0.272 e. The fourth-order valence-electron chi connectivity index (χ4n) is 2.62. The number of carbonyl (C=O) groups is 2. The molecule has 0 bridgehead atoms. The number of rotatable bonds is 5. The zero-order valence-electron chi connectivity index (χ0n) is 15.0. The fraction of sp³-hybridized carbons (Fsp3) is 0.0952. The summed E-state index contributed by atoms with van der Waals surface area (Å²) in [6.07, 6.45) is 1.30. The van der Waals surface area contributed by atoms with Gasteiger partial charge in [-0.05, 0) is 29.8 Å². The normalized spacial score (nSPS) is 10.4. The molecule has 3 rings (SSSR count). The third kappa shape index (κ3) is 4.37. The summed E-state index contributed by atoms with van der Waals surface area (Å²) in [6.45, 7) is 0.373. The predicted molar refractivity (Wildman–Crippen MR) is 101 cm³/mol. The predicted octanol–water partition coefficient (Wildman–Crippen LogP) is 3.88. The first-order valence-electron chi connectivity index (χ1n) is 8.46. The lowest BCUT2D eigenvalue weighted by Gasteiger charge is -2.17. The molecule has 28 heavy (non-hydrogen) atoms. The molecule has 142 valence electrons. The Bertz CT molecular complexity index is 989. The van der Waals surface area contributed by atoms with Crippen LogP contribution in [0.1, 0.15) is 26.4 Å². The van der Waals surface area contributed by atoms with Crippen molar-refractivity contribution in [2.24, 2.45) is 0 Å². The van der Waals surface area contributed by atoms with Gasteiger partial charge in [0.05, 0.1) is 0 Å². The Morgan fingerprint density at radius 1 is 1.00 bits per heavy atom. The van der Waals surface area contributed by atoms with E-state index in [4.69, 9.17) is 0 Å². The van der Waals surface area contributed by atoms with Crippen molar-refractivity contribution in [3.05, 3.63) is 95.3 Å². The van der Waals surface area contributed by atoms with E-state index in [1.165, 1.54) is 29.3 Å². The molecule has 3 aromatic rings. The maximum absolute atomic E-state index is 13.7. The topological polar surface area (TPSA) is 62.3 Å². The molecule has 2 aromatic carbocycles. The Balaban J connectivity index is 1.76. The molecule has 0 atom stereocenters. The van der Waals surface area contributed by atoms with Crippen molar-refractivity contribution < 1.29 is 18.4 Å². The zero-order valence-corrected chi connectivity index (χ0v) is 15.0. The van der Waals surface area contributed by atoms with Crippen molar-refractivity contribution in [2.45, 2.75) is 6.54 Å². The standard InChI is InChI=1S/C21H17F2N3O2/c1-26(13-14-6-3-2-4-7-14)21(28)18-12-15(10-11-24-18)20(27)25-19-16(22)8-5-9-17(19)23/h2-12H,13H2,1H3,(H,25,27). The van der Waals surface area contributed by atoms with Crippen LogP contribution >= 0.6 is 0 Å².